The molecule has 0 radical (unpaired) electrons. The maximum atomic E-state index is 13.5. The third-order valence-corrected chi connectivity index (χ3v) is 4.19. The molecule has 1 aromatic carbocycles. The van der Waals surface area contributed by atoms with Gasteiger partial charge in [-0.1, -0.05) is 19.1 Å². The lowest BCUT2D eigenvalue weighted by Crippen LogP contribution is -2.50. The number of likely N-dealkylation sites (N-methyl/N-ethyl adjacent to an activating group) is 1. The quantitative estimate of drug-likeness (QED) is 0.904. The van der Waals surface area contributed by atoms with Gasteiger partial charge >= 0.3 is 0 Å². The molecule has 21 heavy (non-hydrogen) atoms. The summed E-state index contributed by atoms with van der Waals surface area (Å²) in [5, 5.41) is 3.50. The Morgan fingerprint density at radius 3 is 2.81 bits per heavy atom. The second-order valence-corrected chi connectivity index (χ2v) is 6.04. The summed E-state index contributed by atoms with van der Waals surface area (Å²) in [6, 6.07) is 5.98. The number of nitrogens with one attached hydrogen (secondary N) is 1. The highest BCUT2D eigenvalue weighted by molar-refractivity contribution is 5.27. The lowest BCUT2D eigenvalue weighted by Gasteiger charge is -2.39. The predicted octanol–water partition coefficient (Wildman–Crippen LogP) is 2.89. The third kappa shape index (κ3) is 4.02. The number of ether oxygens (including phenoxy) is 1. The minimum Gasteiger partial charge on any atom is -0.374 e. The third-order valence-electron chi connectivity index (χ3n) is 4.19. The van der Waals surface area contributed by atoms with Crippen LogP contribution in [0.2, 0.25) is 0 Å². The average molecular weight is 294 g/mol. The fraction of sp³-hybridized carbons (Fsp3) is 0.647. The van der Waals surface area contributed by atoms with E-state index in [1.54, 1.807) is 6.07 Å². The van der Waals surface area contributed by atoms with E-state index in [1.807, 2.05) is 19.1 Å². The predicted molar refractivity (Wildman–Crippen MR) is 84.0 cm³/mol. The minimum absolute atomic E-state index is 0.103. The van der Waals surface area contributed by atoms with Crippen LogP contribution in [0.4, 0.5) is 4.39 Å². The Morgan fingerprint density at radius 1 is 1.43 bits per heavy atom. The molecule has 2 atom stereocenters. The molecule has 0 spiro atoms. The Morgan fingerprint density at radius 2 is 2.19 bits per heavy atom. The Bertz CT molecular complexity index is 464. The fourth-order valence-electron chi connectivity index (χ4n) is 2.91. The van der Waals surface area contributed by atoms with Gasteiger partial charge in [0.2, 0.25) is 0 Å². The van der Waals surface area contributed by atoms with Gasteiger partial charge in [0.25, 0.3) is 0 Å². The Balaban J connectivity index is 2.19. The van der Waals surface area contributed by atoms with Gasteiger partial charge in [-0.3, -0.25) is 4.90 Å². The van der Waals surface area contributed by atoms with Crippen molar-refractivity contribution >= 4 is 0 Å². The van der Waals surface area contributed by atoms with E-state index in [0.717, 1.165) is 31.8 Å². The molecule has 0 aromatic heterocycles. The maximum absolute atomic E-state index is 13.5. The standard InChI is InChI=1S/C17H27FN2O/c1-5-19-17(14-6-7-15(18)13(4)10-14)16-11-20(12(2)3)8-9-21-16/h6-7,10,12,16-17,19H,5,8-9,11H2,1-4H3. The number of hydrogen-bond acceptors (Lipinski definition) is 3. The van der Waals surface area contributed by atoms with Crippen LogP contribution in [-0.4, -0.2) is 43.3 Å². The molecule has 1 N–H and O–H groups in total. The molecule has 0 amide bonds. The molecule has 1 heterocycles. The highest BCUT2D eigenvalue weighted by atomic mass is 19.1. The van der Waals surface area contributed by atoms with Crippen molar-refractivity contribution in [2.75, 3.05) is 26.2 Å². The van der Waals surface area contributed by atoms with E-state index >= 15 is 0 Å². The normalized spacial score (nSPS) is 21.7. The number of halogens is 1. The molecule has 1 aliphatic rings. The van der Waals surface area contributed by atoms with Gasteiger partial charge in [0.05, 0.1) is 18.8 Å². The zero-order valence-electron chi connectivity index (χ0n) is 13.5. The molecule has 1 aliphatic heterocycles. The van der Waals surface area contributed by atoms with Gasteiger partial charge in [0.1, 0.15) is 5.82 Å². The molecule has 0 bridgehead atoms. The van der Waals surface area contributed by atoms with Crippen molar-refractivity contribution in [2.45, 2.75) is 45.9 Å². The summed E-state index contributed by atoms with van der Waals surface area (Å²) in [7, 11) is 0. The van der Waals surface area contributed by atoms with Crippen molar-refractivity contribution in [2.24, 2.45) is 0 Å². The molecule has 4 heteroatoms. The highest BCUT2D eigenvalue weighted by Gasteiger charge is 2.30. The largest absolute Gasteiger partial charge is 0.374 e. The van der Waals surface area contributed by atoms with Crippen molar-refractivity contribution in [1.82, 2.24) is 10.2 Å². The average Bonchev–Trinajstić information content (AvgIpc) is 2.48. The van der Waals surface area contributed by atoms with Crippen LogP contribution in [0, 0.1) is 12.7 Å². The molecule has 3 nitrogen and oxygen atoms in total. The number of benzene rings is 1. The van der Waals surface area contributed by atoms with Crippen LogP contribution < -0.4 is 5.32 Å². The van der Waals surface area contributed by atoms with Crippen LogP contribution in [0.3, 0.4) is 0 Å². The molecule has 0 aliphatic carbocycles. The second kappa shape index (κ2) is 7.34. The zero-order valence-corrected chi connectivity index (χ0v) is 13.5. The molecule has 1 saturated heterocycles. The first-order valence-electron chi connectivity index (χ1n) is 7.88. The summed E-state index contributed by atoms with van der Waals surface area (Å²) >= 11 is 0. The number of hydrogen-bond donors (Lipinski definition) is 1. The van der Waals surface area contributed by atoms with E-state index in [4.69, 9.17) is 4.74 Å². The van der Waals surface area contributed by atoms with Gasteiger partial charge in [-0.15, -0.1) is 0 Å². The summed E-state index contributed by atoms with van der Waals surface area (Å²) in [5.41, 5.74) is 1.79. The lowest BCUT2D eigenvalue weighted by molar-refractivity contribution is -0.0558. The van der Waals surface area contributed by atoms with Gasteiger partial charge in [0, 0.05) is 19.1 Å². The highest BCUT2D eigenvalue weighted by Crippen LogP contribution is 2.25. The van der Waals surface area contributed by atoms with Crippen molar-refractivity contribution in [3.05, 3.63) is 35.1 Å². The van der Waals surface area contributed by atoms with Crippen LogP contribution in [0.15, 0.2) is 18.2 Å². The summed E-state index contributed by atoms with van der Waals surface area (Å²) in [4.78, 5) is 2.44. The molecular weight excluding hydrogens is 267 g/mol. The van der Waals surface area contributed by atoms with Crippen molar-refractivity contribution < 1.29 is 9.13 Å². The van der Waals surface area contributed by atoms with Crippen molar-refractivity contribution in [3.8, 4) is 0 Å². The van der Waals surface area contributed by atoms with Gasteiger partial charge in [-0.05, 0) is 44.5 Å². The van der Waals surface area contributed by atoms with Gasteiger partial charge in [-0.2, -0.15) is 0 Å². The topological polar surface area (TPSA) is 24.5 Å². The molecular formula is C17H27FN2O. The van der Waals surface area contributed by atoms with E-state index < -0.39 is 0 Å². The first-order valence-corrected chi connectivity index (χ1v) is 7.88. The lowest BCUT2D eigenvalue weighted by atomic mass is 9.97. The van der Waals surface area contributed by atoms with E-state index in [9.17, 15) is 4.39 Å². The smallest absolute Gasteiger partial charge is 0.126 e. The number of aryl methyl sites for hydroxylation is 1. The Kier molecular flexibility index (Phi) is 5.73. The van der Waals surface area contributed by atoms with Crippen LogP contribution in [0.1, 0.15) is 37.9 Å². The number of nitrogens with zero attached hydrogens (tertiary/aromatic N) is 1. The molecule has 0 saturated carbocycles. The second-order valence-electron chi connectivity index (χ2n) is 6.04. The first-order chi connectivity index (χ1) is 10.0. The molecule has 2 unspecified atom stereocenters. The van der Waals surface area contributed by atoms with E-state index in [0.29, 0.717) is 11.6 Å². The zero-order chi connectivity index (χ0) is 15.4. The number of morpholine rings is 1. The van der Waals surface area contributed by atoms with Gasteiger partial charge < -0.3 is 10.1 Å². The summed E-state index contributed by atoms with van der Waals surface area (Å²) < 4.78 is 19.5. The van der Waals surface area contributed by atoms with Crippen molar-refractivity contribution in [3.63, 3.8) is 0 Å². The van der Waals surface area contributed by atoms with Gasteiger partial charge in [0.15, 0.2) is 0 Å². The molecule has 1 fully saturated rings. The van der Waals surface area contributed by atoms with E-state index in [1.165, 1.54) is 0 Å². The van der Waals surface area contributed by atoms with Crippen molar-refractivity contribution in [1.29, 1.82) is 0 Å². The Hall–Kier alpha value is -0.970. The van der Waals surface area contributed by atoms with Crippen LogP contribution in [0.5, 0.6) is 0 Å². The van der Waals surface area contributed by atoms with Gasteiger partial charge in [-0.25, -0.2) is 4.39 Å². The monoisotopic (exact) mass is 294 g/mol. The van der Waals surface area contributed by atoms with Crippen LogP contribution in [0.25, 0.3) is 0 Å². The number of rotatable bonds is 5. The fourth-order valence-corrected chi connectivity index (χ4v) is 2.91. The molecule has 1 aromatic rings. The summed E-state index contributed by atoms with van der Waals surface area (Å²) in [6.07, 6.45) is 0.103. The minimum atomic E-state index is -0.151. The maximum Gasteiger partial charge on any atom is 0.126 e. The SMILES string of the molecule is CCNC(c1ccc(F)c(C)c1)C1CN(C(C)C)CCO1. The van der Waals surface area contributed by atoms with E-state index in [-0.39, 0.29) is 18.0 Å². The summed E-state index contributed by atoms with van der Waals surface area (Å²) in [5.74, 6) is -0.151. The molecule has 2 rings (SSSR count). The van der Waals surface area contributed by atoms with E-state index in [2.05, 4.69) is 31.0 Å². The van der Waals surface area contributed by atoms with Crippen LogP contribution in [-0.2, 0) is 4.74 Å². The molecule has 118 valence electrons. The first kappa shape index (κ1) is 16.4. The Labute approximate surface area is 127 Å². The van der Waals surface area contributed by atoms with Crippen LogP contribution >= 0.6 is 0 Å². The summed E-state index contributed by atoms with van der Waals surface area (Å²) in [6.45, 7) is 11.8.